The monoisotopic (exact) mass is 347 g/mol. The second-order valence-electron chi connectivity index (χ2n) is 6.19. The Kier molecular flexibility index (Phi) is 7.37. The predicted molar refractivity (Wildman–Crippen MR) is 82.9 cm³/mol. The minimum absolute atomic E-state index is 0.0619. The van der Waals surface area contributed by atoms with E-state index >= 15 is 0 Å². The number of benzene rings is 1. The second kappa shape index (κ2) is 8.79. The van der Waals surface area contributed by atoms with E-state index in [0.29, 0.717) is 6.07 Å². The topological polar surface area (TPSA) is 77.0 Å². The van der Waals surface area contributed by atoms with Gasteiger partial charge in [0.25, 0.3) is 0 Å². The molecule has 0 radical (unpaired) electrons. The van der Waals surface area contributed by atoms with Gasteiger partial charge in [0.2, 0.25) is 0 Å². The zero-order chi connectivity index (χ0) is 18.3. The molecule has 0 aliphatic heterocycles. The maximum atomic E-state index is 13.1. The predicted octanol–water partition coefficient (Wildman–Crippen LogP) is 2.24. The molecule has 0 aromatic heterocycles. The third-order valence-corrected chi connectivity index (χ3v) is 2.77. The summed E-state index contributed by atoms with van der Waals surface area (Å²) in [6, 6.07) is 1.81. The first kappa shape index (κ1) is 20.1. The van der Waals surface area contributed by atoms with Crippen molar-refractivity contribution in [2.45, 2.75) is 38.5 Å². The summed E-state index contributed by atoms with van der Waals surface area (Å²) in [6.45, 7) is 4.78. The molecule has 1 aromatic rings. The van der Waals surface area contributed by atoms with Crippen molar-refractivity contribution in [1.82, 2.24) is 5.32 Å². The fourth-order valence-electron chi connectivity index (χ4n) is 1.79. The third kappa shape index (κ3) is 7.56. The van der Waals surface area contributed by atoms with Crippen molar-refractivity contribution in [1.29, 1.82) is 0 Å². The fraction of sp³-hybridized carbons (Fsp3) is 0.562. The smallest absolute Gasteiger partial charge is 0.408 e. The van der Waals surface area contributed by atoms with E-state index in [9.17, 15) is 18.7 Å². The Morgan fingerprint density at radius 3 is 2.29 bits per heavy atom. The van der Waals surface area contributed by atoms with Gasteiger partial charge >= 0.3 is 6.09 Å². The Morgan fingerprint density at radius 1 is 1.21 bits per heavy atom. The summed E-state index contributed by atoms with van der Waals surface area (Å²) < 4.78 is 41.5. The van der Waals surface area contributed by atoms with Crippen molar-refractivity contribution in [2.24, 2.45) is 0 Å². The van der Waals surface area contributed by atoms with Gasteiger partial charge in [-0.3, -0.25) is 0 Å². The lowest BCUT2D eigenvalue weighted by Gasteiger charge is -2.26. The van der Waals surface area contributed by atoms with Gasteiger partial charge in [-0.1, -0.05) is 0 Å². The van der Waals surface area contributed by atoms with Crippen LogP contribution >= 0.6 is 0 Å². The molecular weight excluding hydrogens is 324 g/mol. The Labute approximate surface area is 139 Å². The largest absolute Gasteiger partial charge is 0.491 e. The number of methoxy groups -OCH3 is 1. The Bertz CT molecular complexity index is 528. The molecule has 1 rings (SSSR count). The normalized spacial score (nSPS) is 14.0. The van der Waals surface area contributed by atoms with Crippen molar-refractivity contribution in [3.05, 3.63) is 29.8 Å². The second-order valence-corrected chi connectivity index (χ2v) is 6.19. The zero-order valence-corrected chi connectivity index (χ0v) is 14.1. The van der Waals surface area contributed by atoms with Crippen LogP contribution in [-0.2, 0) is 9.47 Å². The molecule has 1 unspecified atom stereocenters. The number of nitrogens with one attached hydrogen (secondary N) is 1. The van der Waals surface area contributed by atoms with Gasteiger partial charge in [0.1, 0.15) is 35.7 Å². The highest BCUT2D eigenvalue weighted by molar-refractivity contribution is 5.68. The van der Waals surface area contributed by atoms with E-state index in [1.165, 1.54) is 7.11 Å². The van der Waals surface area contributed by atoms with E-state index in [1.807, 2.05) is 0 Å². The molecular formula is C16H23F2NO5. The summed E-state index contributed by atoms with van der Waals surface area (Å²) >= 11 is 0. The van der Waals surface area contributed by atoms with Crippen LogP contribution in [0, 0.1) is 11.6 Å². The number of carbonyl (C=O) groups excluding carboxylic acids is 1. The molecule has 0 saturated carbocycles. The number of rotatable bonds is 7. The average Bonchev–Trinajstić information content (AvgIpc) is 2.40. The summed E-state index contributed by atoms with van der Waals surface area (Å²) in [5.74, 6) is -1.65. The third-order valence-electron chi connectivity index (χ3n) is 2.77. The lowest BCUT2D eigenvalue weighted by molar-refractivity contribution is 0.0126. The minimum Gasteiger partial charge on any atom is -0.491 e. The van der Waals surface area contributed by atoms with E-state index in [0.717, 1.165) is 12.1 Å². The highest BCUT2D eigenvalue weighted by atomic mass is 19.1. The number of alkyl carbamates (subject to hydrolysis) is 1. The number of ether oxygens (including phenoxy) is 3. The molecule has 0 heterocycles. The van der Waals surface area contributed by atoms with E-state index in [1.54, 1.807) is 20.8 Å². The molecule has 2 atom stereocenters. The van der Waals surface area contributed by atoms with Gasteiger partial charge in [0.15, 0.2) is 0 Å². The van der Waals surface area contributed by atoms with Crippen molar-refractivity contribution in [3.63, 3.8) is 0 Å². The van der Waals surface area contributed by atoms with Gasteiger partial charge in [-0.05, 0) is 20.8 Å². The molecule has 0 saturated heterocycles. The lowest BCUT2D eigenvalue weighted by atomic mass is 10.2. The number of aliphatic hydroxyl groups excluding tert-OH is 1. The molecule has 0 spiro atoms. The van der Waals surface area contributed by atoms with Crippen LogP contribution in [-0.4, -0.2) is 49.3 Å². The summed E-state index contributed by atoms with van der Waals surface area (Å²) in [5.41, 5.74) is -0.715. The van der Waals surface area contributed by atoms with Crippen LogP contribution in [0.25, 0.3) is 0 Å². The summed E-state index contributed by atoms with van der Waals surface area (Å²) in [5, 5.41) is 12.5. The molecule has 0 fully saturated rings. The van der Waals surface area contributed by atoms with E-state index in [2.05, 4.69) is 5.32 Å². The van der Waals surface area contributed by atoms with Crippen LogP contribution in [0.15, 0.2) is 18.2 Å². The number of amides is 1. The molecule has 24 heavy (non-hydrogen) atoms. The van der Waals surface area contributed by atoms with Crippen molar-refractivity contribution >= 4 is 6.09 Å². The molecule has 8 heteroatoms. The number of carbonyl (C=O) groups is 1. The molecule has 0 aliphatic rings. The first-order valence-corrected chi connectivity index (χ1v) is 7.36. The number of hydrogen-bond acceptors (Lipinski definition) is 5. The average molecular weight is 347 g/mol. The Hall–Kier alpha value is -1.93. The maximum Gasteiger partial charge on any atom is 0.408 e. The standard InChI is InChI=1S/C16H23F2NO5/c1-16(2,3)24-15(21)19-13(14(20)9-22-4)8-23-12-6-10(17)5-11(18)7-12/h5-7,13-14,20H,8-9H2,1-4H3,(H,19,21)/t13-,14?/m0/s1. The van der Waals surface area contributed by atoms with Gasteiger partial charge in [-0.25, -0.2) is 13.6 Å². The number of halogens is 2. The Morgan fingerprint density at radius 2 is 1.79 bits per heavy atom. The first-order valence-electron chi connectivity index (χ1n) is 7.36. The van der Waals surface area contributed by atoms with Crippen molar-refractivity contribution in [3.8, 4) is 5.75 Å². The van der Waals surface area contributed by atoms with Crippen molar-refractivity contribution in [2.75, 3.05) is 20.3 Å². The van der Waals surface area contributed by atoms with Crippen LogP contribution in [0.1, 0.15) is 20.8 Å². The summed E-state index contributed by atoms with van der Waals surface area (Å²) in [4.78, 5) is 11.8. The van der Waals surface area contributed by atoms with Gasteiger partial charge in [0, 0.05) is 25.3 Å². The lowest BCUT2D eigenvalue weighted by Crippen LogP contribution is -2.50. The number of hydrogen-bond donors (Lipinski definition) is 2. The molecule has 0 aliphatic carbocycles. The summed E-state index contributed by atoms with van der Waals surface area (Å²) in [6.07, 6.45) is -1.85. The van der Waals surface area contributed by atoms with E-state index in [4.69, 9.17) is 14.2 Å². The first-order chi connectivity index (χ1) is 11.1. The van der Waals surface area contributed by atoms with E-state index in [-0.39, 0.29) is 19.0 Å². The molecule has 1 aromatic carbocycles. The molecule has 0 bridgehead atoms. The highest BCUT2D eigenvalue weighted by Crippen LogP contribution is 2.16. The highest BCUT2D eigenvalue weighted by Gasteiger charge is 2.25. The Balaban J connectivity index is 2.73. The number of aliphatic hydroxyl groups is 1. The molecule has 6 nitrogen and oxygen atoms in total. The fourth-order valence-corrected chi connectivity index (χ4v) is 1.79. The minimum atomic E-state index is -1.10. The van der Waals surface area contributed by atoms with Gasteiger partial charge in [0.05, 0.1) is 12.6 Å². The van der Waals surface area contributed by atoms with Crippen molar-refractivity contribution < 1.29 is 32.9 Å². The van der Waals surface area contributed by atoms with Gasteiger partial charge in [-0.2, -0.15) is 0 Å². The quantitative estimate of drug-likeness (QED) is 0.791. The maximum absolute atomic E-state index is 13.1. The van der Waals surface area contributed by atoms with Gasteiger partial charge in [-0.15, -0.1) is 0 Å². The molecule has 1 amide bonds. The van der Waals surface area contributed by atoms with Crippen LogP contribution < -0.4 is 10.1 Å². The van der Waals surface area contributed by atoms with Crippen LogP contribution in [0.3, 0.4) is 0 Å². The summed E-state index contributed by atoms with van der Waals surface area (Å²) in [7, 11) is 1.39. The van der Waals surface area contributed by atoms with Crippen LogP contribution in [0.2, 0.25) is 0 Å². The van der Waals surface area contributed by atoms with Crippen LogP contribution in [0.4, 0.5) is 13.6 Å². The molecule has 136 valence electrons. The molecule has 2 N–H and O–H groups in total. The SMILES string of the molecule is COCC(O)[C@H](COc1cc(F)cc(F)c1)NC(=O)OC(C)(C)C. The van der Waals surface area contributed by atoms with E-state index < -0.39 is 35.5 Å². The van der Waals surface area contributed by atoms with Gasteiger partial charge < -0.3 is 24.6 Å². The van der Waals surface area contributed by atoms with Crippen LogP contribution in [0.5, 0.6) is 5.75 Å². The zero-order valence-electron chi connectivity index (χ0n) is 14.1.